The van der Waals surface area contributed by atoms with Crippen LogP contribution < -0.4 is 4.57 Å². The number of benzene rings is 1. The van der Waals surface area contributed by atoms with Crippen LogP contribution in [0.15, 0.2) is 48.7 Å². The molecule has 1 heterocycles. The summed E-state index contributed by atoms with van der Waals surface area (Å²) >= 11 is 0. The SMILES string of the molecule is O=C(O)c1ccc(C(=O)O)[n+](CC(=O)c2ccccc2)c1. The first-order chi connectivity index (χ1) is 9.99. The molecular formula is C15H12NO5+. The predicted octanol–water partition coefficient (Wildman–Crippen LogP) is 1.25. The molecule has 0 saturated heterocycles. The molecule has 0 bridgehead atoms. The number of carbonyl (C=O) groups excluding carboxylic acids is 1. The Morgan fingerprint density at radius 1 is 0.857 bits per heavy atom. The molecule has 0 spiro atoms. The molecule has 0 radical (unpaired) electrons. The van der Waals surface area contributed by atoms with Crippen LogP contribution in [0.3, 0.4) is 0 Å². The summed E-state index contributed by atoms with van der Waals surface area (Å²) in [6.45, 7) is -0.243. The third-order valence-electron chi connectivity index (χ3n) is 2.90. The second kappa shape index (κ2) is 5.96. The molecule has 0 fully saturated rings. The molecule has 2 N–H and O–H groups in total. The number of hydrogen-bond acceptors (Lipinski definition) is 3. The van der Waals surface area contributed by atoms with Crippen LogP contribution in [0, 0.1) is 0 Å². The van der Waals surface area contributed by atoms with Gasteiger partial charge < -0.3 is 10.2 Å². The van der Waals surface area contributed by atoms with E-state index in [9.17, 15) is 14.4 Å². The van der Waals surface area contributed by atoms with Gasteiger partial charge in [0.1, 0.15) is 5.56 Å². The standard InChI is InChI=1S/C15H11NO5/c17-13(10-4-2-1-3-5-10)9-16-8-11(14(18)19)6-7-12(16)15(20)21/h1-8H,9H2,(H-,18,19,20,21)/p+1. The number of aromatic carboxylic acids is 2. The Morgan fingerprint density at radius 3 is 2.10 bits per heavy atom. The molecule has 0 amide bonds. The van der Waals surface area contributed by atoms with Gasteiger partial charge in [0.15, 0.2) is 6.20 Å². The zero-order valence-corrected chi connectivity index (χ0v) is 10.9. The predicted molar refractivity (Wildman–Crippen MR) is 71.3 cm³/mol. The van der Waals surface area contributed by atoms with Crippen LogP contribution in [0.1, 0.15) is 31.2 Å². The zero-order chi connectivity index (χ0) is 15.4. The van der Waals surface area contributed by atoms with Crippen molar-refractivity contribution >= 4 is 17.7 Å². The van der Waals surface area contributed by atoms with Crippen LogP contribution in [-0.4, -0.2) is 27.9 Å². The molecule has 0 saturated carbocycles. The van der Waals surface area contributed by atoms with E-state index in [1.807, 2.05) is 0 Å². The van der Waals surface area contributed by atoms with E-state index < -0.39 is 11.9 Å². The third-order valence-corrected chi connectivity index (χ3v) is 2.90. The lowest BCUT2D eigenvalue weighted by Crippen LogP contribution is -2.44. The molecular weight excluding hydrogens is 274 g/mol. The Labute approximate surface area is 119 Å². The van der Waals surface area contributed by atoms with Crippen molar-refractivity contribution in [1.82, 2.24) is 0 Å². The molecule has 21 heavy (non-hydrogen) atoms. The molecule has 0 aliphatic carbocycles. The van der Waals surface area contributed by atoms with Crippen molar-refractivity contribution in [3.63, 3.8) is 0 Å². The highest BCUT2D eigenvalue weighted by atomic mass is 16.4. The van der Waals surface area contributed by atoms with Crippen molar-refractivity contribution in [2.24, 2.45) is 0 Å². The van der Waals surface area contributed by atoms with E-state index in [0.29, 0.717) is 5.56 Å². The second-order valence-electron chi connectivity index (χ2n) is 4.33. The topological polar surface area (TPSA) is 95.5 Å². The summed E-state index contributed by atoms with van der Waals surface area (Å²) in [6, 6.07) is 10.7. The molecule has 106 valence electrons. The van der Waals surface area contributed by atoms with Gasteiger partial charge >= 0.3 is 11.9 Å². The number of carboxylic acids is 2. The number of nitrogens with zero attached hydrogens (tertiary/aromatic N) is 1. The van der Waals surface area contributed by atoms with E-state index in [1.165, 1.54) is 12.1 Å². The summed E-state index contributed by atoms with van der Waals surface area (Å²) < 4.78 is 1.13. The highest BCUT2D eigenvalue weighted by Crippen LogP contribution is 2.03. The zero-order valence-electron chi connectivity index (χ0n) is 10.9. The van der Waals surface area contributed by atoms with Crippen molar-refractivity contribution in [2.45, 2.75) is 6.54 Å². The van der Waals surface area contributed by atoms with Crippen LogP contribution in [0.5, 0.6) is 0 Å². The van der Waals surface area contributed by atoms with Crippen molar-refractivity contribution < 1.29 is 29.2 Å². The maximum atomic E-state index is 12.1. The normalized spacial score (nSPS) is 10.1. The Balaban J connectivity index is 2.37. The van der Waals surface area contributed by atoms with Gasteiger partial charge in [-0.05, 0) is 6.07 Å². The summed E-state index contributed by atoms with van der Waals surface area (Å²) in [7, 11) is 0. The number of aromatic nitrogens is 1. The number of rotatable bonds is 5. The third kappa shape index (κ3) is 3.30. The molecule has 1 aromatic carbocycles. The first-order valence-corrected chi connectivity index (χ1v) is 6.07. The lowest BCUT2D eigenvalue weighted by atomic mass is 10.1. The average Bonchev–Trinajstić information content (AvgIpc) is 2.47. The Kier molecular flexibility index (Phi) is 4.08. The van der Waals surface area contributed by atoms with Gasteiger partial charge in [-0.3, -0.25) is 4.79 Å². The Bertz CT molecular complexity index is 709. The van der Waals surface area contributed by atoms with Crippen molar-refractivity contribution in [2.75, 3.05) is 0 Å². The molecule has 2 rings (SSSR count). The van der Waals surface area contributed by atoms with Gasteiger partial charge in [-0.1, -0.05) is 30.3 Å². The lowest BCUT2D eigenvalue weighted by molar-refractivity contribution is -0.685. The summed E-state index contributed by atoms with van der Waals surface area (Å²) in [5.41, 5.74) is 0.201. The van der Waals surface area contributed by atoms with E-state index in [2.05, 4.69) is 0 Å². The number of hydrogen-bond donors (Lipinski definition) is 2. The van der Waals surface area contributed by atoms with Crippen LogP contribution in [0.25, 0.3) is 0 Å². The first kappa shape index (κ1) is 14.4. The number of Topliss-reactive ketones (excluding diaryl/α,β-unsaturated/α-hetero) is 1. The fourth-order valence-corrected chi connectivity index (χ4v) is 1.87. The Hall–Kier alpha value is -3.02. The molecule has 0 aliphatic rings. The number of carboxylic acid groups (broad SMARTS) is 2. The van der Waals surface area contributed by atoms with E-state index in [0.717, 1.165) is 10.8 Å². The monoisotopic (exact) mass is 286 g/mol. The van der Waals surface area contributed by atoms with Gasteiger partial charge in [0, 0.05) is 11.6 Å². The lowest BCUT2D eigenvalue weighted by Gasteiger charge is -2.02. The molecule has 1 aromatic heterocycles. The molecule has 0 aliphatic heterocycles. The van der Waals surface area contributed by atoms with Crippen LogP contribution >= 0.6 is 0 Å². The van der Waals surface area contributed by atoms with E-state index >= 15 is 0 Å². The molecule has 6 heteroatoms. The Morgan fingerprint density at radius 2 is 1.52 bits per heavy atom. The molecule has 6 nitrogen and oxygen atoms in total. The number of carbonyl (C=O) groups is 3. The van der Waals surface area contributed by atoms with E-state index in [4.69, 9.17) is 10.2 Å². The molecule has 2 aromatic rings. The van der Waals surface area contributed by atoms with Gasteiger partial charge in [0.05, 0.1) is 0 Å². The largest absolute Gasteiger partial charge is 0.477 e. The first-order valence-electron chi connectivity index (χ1n) is 6.07. The van der Waals surface area contributed by atoms with Crippen molar-refractivity contribution in [3.05, 3.63) is 65.5 Å². The quantitative estimate of drug-likeness (QED) is 0.637. The maximum absolute atomic E-state index is 12.1. The van der Waals surface area contributed by atoms with Crippen LogP contribution in [0.4, 0.5) is 0 Å². The minimum absolute atomic E-state index is 0.0825. The average molecular weight is 286 g/mol. The van der Waals surface area contributed by atoms with Crippen molar-refractivity contribution in [1.29, 1.82) is 0 Å². The highest BCUT2D eigenvalue weighted by molar-refractivity contribution is 5.95. The highest BCUT2D eigenvalue weighted by Gasteiger charge is 2.23. The smallest absolute Gasteiger partial charge is 0.401 e. The summed E-state index contributed by atoms with van der Waals surface area (Å²) in [5, 5.41) is 18.0. The second-order valence-corrected chi connectivity index (χ2v) is 4.33. The summed E-state index contributed by atoms with van der Waals surface area (Å²) in [5.74, 6) is -2.72. The maximum Gasteiger partial charge on any atom is 0.401 e. The molecule has 0 unspecified atom stereocenters. The fraction of sp³-hybridized carbons (Fsp3) is 0.0667. The van der Waals surface area contributed by atoms with Gasteiger partial charge in [-0.2, -0.15) is 4.57 Å². The molecule has 0 atom stereocenters. The van der Waals surface area contributed by atoms with E-state index in [-0.39, 0.29) is 23.6 Å². The summed E-state index contributed by atoms with van der Waals surface area (Å²) in [4.78, 5) is 34.2. The van der Waals surface area contributed by atoms with Gasteiger partial charge in [0.2, 0.25) is 12.3 Å². The van der Waals surface area contributed by atoms with Crippen molar-refractivity contribution in [3.8, 4) is 0 Å². The van der Waals surface area contributed by atoms with Gasteiger partial charge in [-0.15, -0.1) is 0 Å². The van der Waals surface area contributed by atoms with Gasteiger partial charge in [0.25, 0.3) is 5.69 Å². The van der Waals surface area contributed by atoms with Crippen LogP contribution in [-0.2, 0) is 6.54 Å². The minimum Gasteiger partial charge on any atom is -0.477 e. The summed E-state index contributed by atoms with van der Waals surface area (Å²) in [6.07, 6.45) is 1.15. The number of pyridine rings is 1. The minimum atomic E-state index is -1.23. The van der Waals surface area contributed by atoms with Gasteiger partial charge in [-0.25, -0.2) is 9.59 Å². The fourth-order valence-electron chi connectivity index (χ4n) is 1.87. The van der Waals surface area contributed by atoms with Crippen LogP contribution in [0.2, 0.25) is 0 Å². The van der Waals surface area contributed by atoms with E-state index in [1.54, 1.807) is 30.3 Å². The number of ketones is 1.